The molecule has 1 heterocycles. The van der Waals surface area contributed by atoms with E-state index in [4.69, 9.17) is 0 Å². The van der Waals surface area contributed by atoms with Crippen molar-refractivity contribution in [3.05, 3.63) is 93.9 Å². The Labute approximate surface area is 172 Å². The van der Waals surface area contributed by atoms with Crippen LogP contribution in [0.15, 0.2) is 66.1 Å². The number of ketones is 1. The van der Waals surface area contributed by atoms with Crippen molar-refractivity contribution in [3.8, 4) is 11.8 Å². The Bertz CT molecular complexity index is 1150. The molecule has 0 saturated heterocycles. The van der Waals surface area contributed by atoms with Gasteiger partial charge in [-0.25, -0.2) is 0 Å². The van der Waals surface area contributed by atoms with Gasteiger partial charge in [-0.05, 0) is 49.1 Å². The number of allylic oxidation sites excluding steroid dienone is 5. The molecule has 3 rings (SSSR count). The summed E-state index contributed by atoms with van der Waals surface area (Å²) in [5, 5.41) is 0. The summed E-state index contributed by atoms with van der Waals surface area (Å²) in [6, 6.07) is 9.75. The van der Waals surface area contributed by atoms with Gasteiger partial charge >= 0.3 is 0 Å². The van der Waals surface area contributed by atoms with Gasteiger partial charge in [0.25, 0.3) is 0 Å². The zero-order valence-electron chi connectivity index (χ0n) is 17.2. The van der Waals surface area contributed by atoms with Crippen LogP contribution in [0.5, 0.6) is 0 Å². The summed E-state index contributed by atoms with van der Waals surface area (Å²) < 4.78 is 1.95. The molecule has 0 saturated carbocycles. The van der Waals surface area contributed by atoms with Gasteiger partial charge in [-0.15, -0.1) is 0 Å². The molecule has 1 aliphatic carbocycles. The standard InChI is InChI=1S/C26H25NO2/c1-5-13-27-17-23(25(28)6-2)26(29)16-24(27)20-12-11-18(3)14-21(15-20)22-10-8-7-9-19(22)4/h6-10,14-18H,2,5,13H2,1,3-4H3. The van der Waals surface area contributed by atoms with Crippen LogP contribution < -0.4 is 5.43 Å². The highest BCUT2D eigenvalue weighted by atomic mass is 16.1. The van der Waals surface area contributed by atoms with E-state index in [0.717, 1.165) is 28.8 Å². The van der Waals surface area contributed by atoms with Gasteiger partial charge < -0.3 is 4.57 Å². The highest BCUT2D eigenvalue weighted by Gasteiger charge is 2.15. The lowest BCUT2D eigenvalue weighted by Gasteiger charge is -2.15. The number of carbonyl (C=O) groups excluding carboxylic acids is 1. The molecule has 1 aromatic carbocycles. The van der Waals surface area contributed by atoms with Crippen molar-refractivity contribution >= 4 is 16.9 Å². The van der Waals surface area contributed by atoms with Crippen molar-refractivity contribution < 1.29 is 4.79 Å². The normalized spacial score (nSPS) is 15.5. The maximum absolute atomic E-state index is 12.6. The van der Waals surface area contributed by atoms with Crippen LogP contribution in [-0.2, 0) is 6.54 Å². The molecule has 29 heavy (non-hydrogen) atoms. The van der Waals surface area contributed by atoms with Crippen molar-refractivity contribution in [2.75, 3.05) is 0 Å². The molecule has 0 bridgehead atoms. The fourth-order valence-corrected chi connectivity index (χ4v) is 3.47. The first kappa shape index (κ1) is 20.4. The molecule has 0 fully saturated rings. The summed E-state index contributed by atoms with van der Waals surface area (Å²) in [7, 11) is 0. The molecule has 0 amide bonds. The molecule has 3 nitrogen and oxygen atoms in total. The molecular weight excluding hydrogens is 358 g/mol. The number of hydrogen-bond acceptors (Lipinski definition) is 2. The largest absolute Gasteiger partial charge is 0.346 e. The third-order valence-electron chi connectivity index (χ3n) is 4.94. The van der Waals surface area contributed by atoms with Crippen LogP contribution in [-0.4, -0.2) is 10.4 Å². The van der Waals surface area contributed by atoms with E-state index in [2.05, 4.69) is 63.5 Å². The first-order chi connectivity index (χ1) is 13.9. The number of nitrogens with zero attached hydrogens (tertiary/aromatic N) is 1. The fraction of sp³-hybridized carbons (Fsp3) is 0.231. The molecule has 0 N–H and O–H groups in total. The Morgan fingerprint density at radius 3 is 2.76 bits per heavy atom. The van der Waals surface area contributed by atoms with Crippen molar-refractivity contribution in [1.29, 1.82) is 0 Å². The van der Waals surface area contributed by atoms with Crippen LogP contribution in [0.25, 0.3) is 11.1 Å². The lowest BCUT2D eigenvalue weighted by atomic mass is 9.96. The smallest absolute Gasteiger partial charge is 0.193 e. The maximum Gasteiger partial charge on any atom is 0.193 e. The second kappa shape index (κ2) is 8.75. The predicted octanol–water partition coefficient (Wildman–Crippen LogP) is 5.06. The van der Waals surface area contributed by atoms with Gasteiger partial charge in [0, 0.05) is 30.3 Å². The minimum atomic E-state index is -0.360. The number of rotatable bonds is 6. The summed E-state index contributed by atoms with van der Waals surface area (Å²) in [5.41, 5.74) is 4.75. The van der Waals surface area contributed by atoms with Gasteiger partial charge in [0.2, 0.25) is 0 Å². The van der Waals surface area contributed by atoms with Crippen molar-refractivity contribution in [1.82, 2.24) is 4.57 Å². The minimum absolute atomic E-state index is 0.0892. The van der Waals surface area contributed by atoms with E-state index < -0.39 is 0 Å². The van der Waals surface area contributed by atoms with E-state index in [0.29, 0.717) is 6.54 Å². The topological polar surface area (TPSA) is 39.1 Å². The quantitative estimate of drug-likeness (QED) is 0.397. The van der Waals surface area contributed by atoms with Gasteiger partial charge in [0.05, 0.1) is 11.3 Å². The minimum Gasteiger partial charge on any atom is -0.346 e. The van der Waals surface area contributed by atoms with Gasteiger partial charge in [0.1, 0.15) is 0 Å². The predicted molar refractivity (Wildman–Crippen MR) is 120 cm³/mol. The van der Waals surface area contributed by atoms with Crippen molar-refractivity contribution in [2.45, 2.75) is 33.7 Å². The molecule has 2 aromatic rings. The molecule has 1 atom stereocenters. The summed E-state index contributed by atoms with van der Waals surface area (Å²) in [5.74, 6) is 6.24. The van der Waals surface area contributed by atoms with E-state index >= 15 is 0 Å². The van der Waals surface area contributed by atoms with Gasteiger partial charge in [-0.2, -0.15) is 0 Å². The summed E-state index contributed by atoms with van der Waals surface area (Å²) >= 11 is 0. The second-order valence-electron chi connectivity index (χ2n) is 7.25. The highest BCUT2D eigenvalue weighted by Crippen LogP contribution is 2.28. The Kier molecular flexibility index (Phi) is 6.14. The van der Waals surface area contributed by atoms with Crippen LogP contribution in [0.3, 0.4) is 0 Å². The highest BCUT2D eigenvalue weighted by molar-refractivity contribution is 6.04. The molecule has 0 aliphatic heterocycles. The third-order valence-corrected chi connectivity index (χ3v) is 4.94. The lowest BCUT2D eigenvalue weighted by molar-refractivity contribution is 0.104. The lowest BCUT2D eigenvalue weighted by Crippen LogP contribution is -2.19. The van der Waals surface area contributed by atoms with E-state index in [1.165, 1.54) is 17.7 Å². The molecule has 3 heteroatoms. The Morgan fingerprint density at radius 2 is 2.07 bits per heavy atom. The molecule has 1 aromatic heterocycles. The van der Waals surface area contributed by atoms with Crippen LogP contribution in [0.2, 0.25) is 0 Å². The number of pyridine rings is 1. The number of hydrogen-bond donors (Lipinski definition) is 0. The molecular formula is C26H25NO2. The molecule has 146 valence electrons. The average molecular weight is 383 g/mol. The van der Waals surface area contributed by atoms with Crippen LogP contribution in [0.1, 0.15) is 47.4 Å². The van der Waals surface area contributed by atoms with Gasteiger partial charge in [-0.3, -0.25) is 9.59 Å². The Balaban J connectivity index is 2.20. The number of benzene rings is 1. The molecule has 1 unspecified atom stereocenters. The number of aromatic nitrogens is 1. The summed E-state index contributed by atoms with van der Waals surface area (Å²) in [6.45, 7) is 10.4. The number of aryl methyl sites for hydroxylation is 2. The second-order valence-corrected chi connectivity index (χ2v) is 7.25. The zero-order valence-corrected chi connectivity index (χ0v) is 17.2. The summed E-state index contributed by atoms with van der Waals surface area (Å²) in [6.07, 6.45) is 7.89. The maximum atomic E-state index is 12.6. The first-order valence-corrected chi connectivity index (χ1v) is 9.87. The molecule has 0 radical (unpaired) electrons. The molecule has 1 aliphatic rings. The van der Waals surface area contributed by atoms with Gasteiger partial charge in [-0.1, -0.05) is 55.7 Å². The van der Waals surface area contributed by atoms with Crippen LogP contribution in [0.4, 0.5) is 0 Å². The number of carbonyl (C=O) groups is 1. The summed E-state index contributed by atoms with van der Waals surface area (Å²) in [4.78, 5) is 24.7. The SMILES string of the molecule is C=CC(=O)c1cn(CCC)c(C2=CC(c3ccccc3C)=CC(C)C#C2)cc1=O. The van der Waals surface area contributed by atoms with Crippen LogP contribution in [0, 0.1) is 24.7 Å². The van der Waals surface area contributed by atoms with Crippen molar-refractivity contribution in [3.63, 3.8) is 0 Å². The molecule has 0 spiro atoms. The average Bonchev–Trinajstić information content (AvgIpc) is 2.90. The van der Waals surface area contributed by atoms with E-state index in [1.54, 1.807) is 6.20 Å². The Morgan fingerprint density at radius 1 is 1.31 bits per heavy atom. The first-order valence-electron chi connectivity index (χ1n) is 9.87. The van der Waals surface area contributed by atoms with Gasteiger partial charge in [0.15, 0.2) is 11.2 Å². The monoisotopic (exact) mass is 383 g/mol. The third kappa shape index (κ3) is 4.38. The van der Waals surface area contributed by atoms with Crippen molar-refractivity contribution in [2.24, 2.45) is 5.92 Å². The van der Waals surface area contributed by atoms with E-state index in [1.807, 2.05) is 16.7 Å². The fourth-order valence-electron chi connectivity index (χ4n) is 3.47. The zero-order chi connectivity index (χ0) is 21.0. The van der Waals surface area contributed by atoms with E-state index in [9.17, 15) is 9.59 Å². The van der Waals surface area contributed by atoms with Crippen LogP contribution >= 0.6 is 0 Å². The Hall–Kier alpha value is -3.38. The van der Waals surface area contributed by atoms with E-state index in [-0.39, 0.29) is 22.7 Å².